The van der Waals surface area contributed by atoms with Crippen molar-refractivity contribution in [3.63, 3.8) is 0 Å². The standard InChI is InChI=1S/C22H30BClO5/c1-7-8-11-22(4)21(2,3)28-23(29-22)14-12-15(24)19(18(13-14)27-6)20-16(25)9-10-17(20)26-5/h12-13H,7-11H2,1-6H3. The van der Waals surface area contributed by atoms with E-state index >= 15 is 0 Å². The van der Waals surface area contributed by atoms with Crippen molar-refractivity contribution in [2.45, 2.75) is 71.0 Å². The Bertz CT molecular complexity index is 835. The summed E-state index contributed by atoms with van der Waals surface area (Å²) in [5, 5.41) is 0.423. The summed E-state index contributed by atoms with van der Waals surface area (Å²) in [6, 6.07) is 3.65. The minimum atomic E-state index is -0.553. The molecule has 0 spiro atoms. The fourth-order valence-electron chi connectivity index (χ4n) is 4.06. The van der Waals surface area contributed by atoms with Gasteiger partial charge in [-0.3, -0.25) is 4.79 Å². The lowest BCUT2D eigenvalue weighted by molar-refractivity contribution is -0.113. The summed E-state index contributed by atoms with van der Waals surface area (Å²) in [5.41, 5.74) is 0.997. The molecule has 1 atom stereocenters. The molecule has 1 aliphatic heterocycles. The third-order valence-corrected chi connectivity index (χ3v) is 6.55. The molecule has 1 aromatic carbocycles. The lowest BCUT2D eigenvalue weighted by atomic mass is 9.78. The number of methoxy groups -OCH3 is 2. The summed E-state index contributed by atoms with van der Waals surface area (Å²) in [6.07, 6.45) is 4.06. The summed E-state index contributed by atoms with van der Waals surface area (Å²) in [4.78, 5) is 12.5. The summed E-state index contributed by atoms with van der Waals surface area (Å²) in [7, 11) is 2.58. The van der Waals surface area contributed by atoms with Crippen LogP contribution in [0, 0.1) is 0 Å². The average Bonchev–Trinajstić information content (AvgIpc) is 3.16. The highest BCUT2D eigenvalue weighted by molar-refractivity contribution is 6.62. The number of ketones is 1. The van der Waals surface area contributed by atoms with Crippen LogP contribution in [0.1, 0.15) is 65.4 Å². The SMILES string of the molecule is CCCCC1(C)OB(c2cc(Cl)c(C3=C(OC)CCC3=O)c(OC)c2)OC1(C)C. The molecule has 7 heteroatoms. The van der Waals surface area contributed by atoms with Crippen LogP contribution < -0.4 is 10.2 Å². The van der Waals surface area contributed by atoms with Crippen LogP contribution in [0.4, 0.5) is 0 Å². The Labute approximate surface area is 178 Å². The third-order valence-electron chi connectivity index (χ3n) is 6.25. The maximum atomic E-state index is 12.5. The van der Waals surface area contributed by atoms with Gasteiger partial charge in [0.25, 0.3) is 0 Å². The van der Waals surface area contributed by atoms with Gasteiger partial charge in [-0.05, 0) is 44.8 Å². The van der Waals surface area contributed by atoms with Gasteiger partial charge in [0.15, 0.2) is 5.78 Å². The van der Waals surface area contributed by atoms with E-state index in [0.717, 1.165) is 24.7 Å². The Hall–Kier alpha value is -1.50. The molecular formula is C22H30BClO5. The fraction of sp³-hybridized carbons (Fsp3) is 0.591. The molecule has 1 aromatic rings. The molecule has 1 fully saturated rings. The first-order chi connectivity index (χ1) is 13.7. The lowest BCUT2D eigenvalue weighted by Crippen LogP contribution is -2.44. The van der Waals surface area contributed by atoms with Gasteiger partial charge in [-0.25, -0.2) is 0 Å². The van der Waals surface area contributed by atoms with E-state index in [1.807, 2.05) is 6.07 Å². The third kappa shape index (κ3) is 3.95. The molecule has 0 saturated carbocycles. The maximum absolute atomic E-state index is 12.5. The van der Waals surface area contributed by atoms with Crippen LogP contribution in [0.3, 0.4) is 0 Å². The number of halogens is 1. The number of benzene rings is 1. The number of allylic oxidation sites excluding steroid dienone is 2. The molecule has 3 rings (SSSR count). The van der Waals surface area contributed by atoms with Gasteiger partial charge in [-0.1, -0.05) is 31.4 Å². The molecule has 1 saturated heterocycles. The smallest absolute Gasteiger partial charge is 0.495 e. The molecule has 5 nitrogen and oxygen atoms in total. The summed E-state index contributed by atoms with van der Waals surface area (Å²) < 4.78 is 23.7. The number of hydrogen-bond acceptors (Lipinski definition) is 5. The average molecular weight is 421 g/mol. The van der Waals surface area contributed by atoms with Crippen LogP contribution in [-0.2, 0) is 18.8 Å². The minimum absolute atomic E-state index is 0.0106. The molecule has 1 aliphatic carbocycles. The van der Waals surface area contributed by atoms with E-state index in [-0.39, 0.29) is 5.78 Å². The highest BCUT2D eigenvalue weighted by atomic mass is 35.5. The van der Waals surface area contributed by atoms with Crippen LogP contribution in [-0.4, -0.2) is 38.3 Å². The number of rotatable bonds is 7. The quantitative estimate of drug-likeness (QED) is 0.606. The number of carbonyl (C=O) groups is 1. The van der Waals surface area contributed by atoms with Crippen molar-refractivity contribution in [1.82, 2.24) is 0 Å². The van der Waals surface area contributed by atoms with Gasteiger partial charge in [-0.15, -0.1) is 0 Å². The first-order valence-electron chi connectivity index (χ1n) is 10.2. The van der Waals surface area contributed by atoms with Gasteiger partial charge in [0.05, 0.1) is 36.0 Å². The van der Waals surface area contributed by atoms with Crippen molar-refractivity contribution in [2.75, 3.05) is 14.2 Å². The monoisotopic (exact) mass is 420 g/mol. The molecule has 158 valence electrons. The maximum Gasteiger partial charge on any atom is 0.495 e. The summed E-state index contributed by atoms with van der Waals surface area (Å²) >= 11 is 6.65. The van der Waals surface area contributed by atoms with Crippen LogP contribution in [0.5, 0.6) is 5.75 Å². The second-order valence-corrected chi connectivity index (χ2v) is 8.83. The number of unbranched alkanes of at least 4 members (excludes halogenated alkanes) is 1. The minimum Gasteiger partial charge on any atom is -0.500 e. The van der Waals surface area contributed by atoms with E-state index in [1.165, 1.54) is 0 Å². The second-order valence-electron chi connectivity index (χ2n) is 8.42. The number of Topliss-reactive ketones (excluding diaryl/α,β-unsaturated/α-hetero) is 1. The zero-order chi connectivity index (χ0) is 21.4. The molecule has 0 N–H and O–H groups in total. The highest BCUT2D eigenvalue weighted by Crippen LogP contribution is 2.43. The Morgan fingerprint density at radius 1 is 1.14 bits per heavy atom. The fourth-order valence-corrected chi connectivity index (χ4v) is 4.37. The molecule has 0 radical (unpaired) electrons. The van der Waals surface area contributed by atoms with Crippen LogP contribution in [0.25, 0.3) is 5.57 Å². The topological polar surface area (TPSA) is 54.0 Å². The van der Waals surface area contributed by atoms with E-state index in [4.69, 9.17) is 30.4 Å². The second kappa shape index (κ2) is 8.33. The Morgan fingerprint density at radius 2 is 1.86 bits per heavy atom. The Morgan fingerprint density at radius 3 is 2.48 bits per heavy atom. The van der Waals surface area contributed by atoms with E-state index in [2.05, 4.69) is 27.7 Å². The number of carbonyl (C=O) groups excluding carboxylic acids is 1. The van der Waals surface area contributed by atoms with Crippen molar-refractivity contribution in [3.8, 4) is 5.75 Å². The molecule has 2 aliphatic rings. The van der Waals surface area contributed by atoms with E-state index in [0.29, 0.717) is 40.5 Å². The van der Waals surface area contributed by atoms with Gasteiger partial charge in [0.1, 0.15) is 11.5 Å². The van der Waals surface area contributed by atoms with E-state index < -0.39 is 18.3 Å². The first kappa shape index (κ1) is 22.2. The van der Waals surface area contributed by atoms with Crippen LogP contribution in [0.2, 0.25) is 5.02 Å². The first-order valence-corrected chi connectivity index (χ1v) is 10.6. The van der Waals surface area contributed by atoms with Gasteiger partial charge in [0, 0.05) is 18.4 Å². The molecule has 29 heavy (non-hydrogen) atoms. The van der Waals surface area contributed by atoms with E-state index in [1.54, 1.807) is 20.3 Å². The lowest BCUT2D eigenvalue weighted by Gasteiger charge is -2.36. The predicted molar refractivity (Wildman–Crippen MR) is 116 cm³/mol. The molecule has 0 bridgehead atoms. The molecular weight excluding hydrogens is 391 g/mol. The molecule has 1 heterocycles. The van der Waals surface area contributed by atoms with Crippen molar-refractivity contribution in [1.29, 1.82) is 0 Å². The van der Waals surface area contributed by atoms with Gasteiger partial charge in [0.2, 0.25) is 0 Å². The van der Waals surface area contributed by atoms with Crippen LogP contribution in [0.15, 0.2) is 17.9 Å². The Balaban J connectivity index is 2.00. The number of ether oxygens (including phenoxy) is 2. The van der Waals surface area contributed by atoms with E-state index in [9.17, 15) is 4.79 Å². The largest absolute Gasteiger partial charge is 0.500 e. The molecule has 0 aromatic heterocycles. The van der Waals surface area contributed by atoms with Crippen molar-refractivity contribution < 1.29 is 23.6 Å². The summed E-state index contributed by atoms with van der Waals surface area (Å²) in [5.74, 6) is 1.17. The van der Waals surface area contributed by atoms with Gasteiger partial charge < -0.3 is 18.8 Å². The van der Waals surface area contributed by atoms with Gasteiger partial charge >= 0.3 is 7.12 Å². The zero-order valence-electron chi connectivity index (χ0n) is 18.2. The molecule has 0 amide bonds. The Kier molecular flexibility index (Phi) is 6.37. The van der Waals surface area contributed by atoms with Crippen molar-refractivity contribution in [2.24, 2.45) is 0 Å². The normalized spacial score (nSPS) is 23.8. The zero-order valence-corrected chi connectivity index (χ0v) is 18.9. The van der Waals surface area contributed by atoms with Crippen LogP contribution >= 0.6 is 11.6 Å². The van der Waals surface area contributed by atoms with Gasteiger partial charge in [-0.2, -0.15) is 0 Å². The summed E-state index contributed by atoms with van der Waals surface area (Å²) in [6.45, 7) is 8.38. The highest BCUT2D eigenvalue weighted by Gasteiger charge is 2.54. The van der Waals surface area contributed by atoms with Crippen molar-refractivity contribution >= 4 is 35.5 Å². The number of hydrogen-bond donors (Lipinski definition) is 0. The molecule has 1 unspecified atom stereocenters. The van der Waals surface area contributed by atoms with Crippen molar-refractivity contribution in [3.05, 3.63) is 28.5 Å². The predicted octanol–water partition coefficient (Wildman–Crippen LogP) is 4.54.